The van der Waals surface area contributed by atoms with Crippen molar-refractivity contribution in [3.63, 3.8) is 0 Å². The van der Waals surface area contributed by atoms with E-state index in [2.05, 4.69) is 67.4 Å². The Hall–Kier alpha value is -2.99. The van der Waals surface area contributed by atoms with Gasteiger partial charge in [0, 0.05) is 56.5 Å². The van der Waals surface area contributed by atoms with Gasteiger partial charge in [-0.1, -0.05) is 95.5 Å². The molecule has 3 heterocycles. The molecule has 264 valence electrons. The van der Waals surface area contributed by atoms with Crippen LogP contribution in [-0.2, 0) is 0 Å². The molecule has 0 unspecified atom stereocenters. The topological polar surface area (TPSA) is 52.3 Å². The van der Waals surface area contributed by atoms with Crippen LogP contribution in [0.15, 0.2) is 119 Å². The second-order valence-electron chi connectivity index (χ2n) is 9.74. The summed E-state index contributed by atoms with van der Waals surface area (Å²) in [5.41, 5.74) is 0. The lowest BCUT2D eigenvalue weighted by atomic mass is 10.3. The van der Waals surface area contributed by atoms with Crippen molar-refractivity contribution in [1.82, 2.24) is 15.0 Å². The molecule has 0 aliphatic rings. The molecule has 0 bridgehead atoms. The molecule has 4 rings (SSSR count). The van der Waals surface area contributed by atoms with E-state index in [1.54, 1.807) is 18.0 Å². The highest BCUT2D eigenvalue weighted by molar-refractivity contribution is 8.00. The average Bonchev–Trinajstić information content (AvgIpc) is 2.95. The maximum atomic E-state index is 5.83. The van der Waals surface area contributed by atoms with Crippen LogP contribution in [0.3, 0.4) is 0 Å². The molecule has 8 heteroatoms. The number of nitrogens with zero attached hydrogens (tertiary/aromatic N) is 4. The third kappa shape index (κ3) is 35.7. The zero-order valence-electron chi connectivity index (χ0n) is 27.0. The standard InChI is InChI=1S/C9H12O.3C8H11NS.C2H3N.4CH4/c1-8(2)10-9-6-4-3-5-7-9;1-7(2)10-8-3-5-9-6-4-8;1-7(2)10-8-4-3-5-9-6-8;1-7(2)10-8-5-3-4-6-9-8;1-3-2;;;;/h3-8H,1-2H3;3*3-7H,1-2H3;1H3;4*1H4. The number of aromatic nitrogens is 3. The number of hydrogen-bond acceptors (Lipinski definition) is 7. The van der Waals surface area contributed by atoms with E-state index in [0.717, 1.165) is 10.8 Å². The normalized spacial score (nSPS) is 8.85. The minimum Gasteiger partial charge on any atom is -0.491 e. The van der Waals surface area contributed by atoms with Gasteiger partial charge in [-0.2, -0.15) is 0 Å². The number of thioether (sulfide) groups is 3. The predicted molar refractivity (Wildman–Crippen MR) is 217 cm³/mol. The van der Waals surface area contributed by atoms with Gasteiger partial charge in [0.25, 0.3) is 0 Å². The van der Waals surface area contributed by atoms with Gasteiger partial charge in [0.05, 0.1) is 11.1 Å². The molecular weight excluding hydrogens is 637 g/mol. The largest absolute Gasteiger partial charge is 0.491 e. The van der Waals surface area contributed by atoms with Gasteiger partial charge in [-0.15, -0.1) is 35.3 Å². The fourth-order valence-electron chi connectivity index (χ4n) is 2.81. The highest BCUT2D eigenvalue weighted by atomic mass is 32.2. The van der Waals surface area contributed by atoms with Crippen LogP contribution in [0, 0.1) is 6.57 Å². The van der Waals surface area contributed by atoms with E-state index in [1.165, 1.54) is 16.8 Å². The summed E-state index contributed by atoms with van der Waals surface area (Å²) >= 11 is 5.48. The van der Waals surface area contributed by atoms with Gasteiger partial charge in [-0.05, 0) is 62.4 Å². The van der Waals surface area contributed by atoms with E-state index in [-0.39, 0.29) is 35.8 Å². The summed E-state index contributed by atoms with van der Waals surface area (Å²) in [4.78, 5) is 17.4. The summed E-state index contributed by atoms with van der Waals surface area (Å²) < 4.78 is 5.41. The van der Waals surface area contributed by atoms with Crippen molar-refractivity contribution in [2.24, 2.45) is 0 Å². The zero-order chi connectivity index (χ0) is 32.3. The molecule has 0 N–H and O–H groups in total. The first-order valence-corrected chi connectivity index (χ1v) is 16.9. The Labute approximate surface area is 303 Å². The van der Waals surface area contributed by atoms with Crippen LogP contribution >= 0.6 is 35.3 Å². The molecule has 0 aliphatic heterocycles. The summed E-state index contributed by atoms with van der Waals surface area (Å²) in [6.07, 6.45) is 9.43. The van der Waals surface area contributed by atoms with E-state index in [9.17, 15) is 0 Å². The maximum Gasteiger partial charge on any atom is 0.205 e. The molecule has 3 aromatic heterocycles. The van der Waals surface area contributed by atoms with E-state index in [1.807, 2.05) is 129 Å². The Morgan fingerprint density at radius 2 is 1.09 bits per heavy atom. The Kier molecular flexibility index (Phi) is 40.8. The fraction of sp³-hybridized carbons (Fsp3) is 0.436. The molecule has 0 radical (unpaired) electrons. The molecule has 0 amide bonds. The Morgan fingerprint density at radius 1 is 0.574 bits per heavy atom. The minimum atomic E-state index is 0. The molecule has 0 spiro atoms. The molecule has 5 nitrogen and oxygen atoms in total. The van der Waals surface area contributed by atoms with Gasteiger partial charge in [0.15, 0.2) is 0 Å². The molecule has 4 aromatic rings. The van der Waals surface area contributed by atoms with Gasteiger partial charge < -0.3 is 9.58 Å². The van der Waals surface area contributed by atoms with E-state index >= 15 is 0 Å². The second kappa shape index (κ2) is 35.9. The summed E-state index contributed by atoms with van der Waals surface area (Å²) in [6.45, 7) is 22.9. The van der Waals surface area contributed by atoms with Gasteiger partial charge >= 0.3 is 0 Å². The maximum absolute atomic E-state index is 5.83. The van der Waals surface area contributed by atoms with Crippen LogP contribution in [0.4, 0.5) is 0 Å². The summed E-state index contributed by atoms with van der Waals surface area (Å²) in [7, 11) is 1.42. The quantitative estimate of drug-likeness (QED) is 0.134. The SMILES string of the molecule is C.C.C.C.CC(C)Oc1ccccc1.CC(C)Sc1ccccn1.CC(C)Sc1cccnc1.CC(C)Sc1ccncc1.[C-]#[N+]C. The number of ether oxygens (including phenoxy) is 1. The number of hydrogen-bond donors (Lipinski definition) is 0. The first kappa shape index (κ1) is 53.5. The van der Waals surface area contributed by atoms with E-state index < -0.39 is 0 Å². The molecule has 0 saturated heterocycles. The van der Waals surface area contributed by atoms with Crippen molar-refractivity contribution in [2.45, 2.75) is 122 Å². The van der Waals surface area contributed by atoms with Gasteiger partial charge in [-0.25, -0.2) is 11.6 Å². The van der Waals surface area contributed by atoms with Crippen LogP contribution < -0.4 is 4.74 Å². The first-order chi connectivity index (χ1) is 20.6. The van der Waals surface area contributed by atoms with Gasteiger partial charge in [0.2, 0.25) is 7.05 Å². The van der Waals surface area contributed by atoms with Crippen molar-refractivity contribution < 1.29 is 4.74 Å². The predicted octanol–water partition coefficient (Wildman–Crippen LogP) is 13.3. The Bertz CT molecular complexity index is 1010. The van der Waals surface area contributed by atoms with Crippen LogP contribution in [-0.4, -0.2) is 43.9 Å². The van der Waals surface area contributed by atoms with E-state index in [0.29, 0.717) is 15.7 Å². The average molecular weight is 701 g/mol. The monoisotopic (exact) mass is 700 g/mol. The highest BCUT2D eigenvalue weighted by Crippen LogP contribution is 2.21. The zero-order valence-corrected chi connectivity index (χ0v) is 29.5. The van der Waals surface area contributed by atoms with E-state index in [4.69, 9.17) is 11.3 Å². The van der Waals surface area contributed by atoms with Crippen molar-refractivity contribution in [3.05, 3.63) is 115 Å². The molecule has 47 heavy (non-hydrogen) atoms. The third-order valence-electron chi connectivity index (χ3n) is 4.14. The lowest BCUT2D eigenvalue weighted by Crippen LogP contribution is -2.04. The molecule has 0 atom stereocenters. The Morgan fingerprint density at radius 3 is 1.51 bits per heavy atom. The number of pyridine rings is 3. The molecule has 1 aromatic carbocycles. The number of para-hydroxylation sites is 1. The lowest BCUT2D eigenvalue weighted by Gasteiger charge is -2.07. The van der Waals surface area contributed by atoms with Crippen molar-refractivity contribution >= 4 is 35.3 Å². The first-order valence-electron chi connectivity index (χ1n) is 14.3. The lowest BCUT2D eigenvalue weighted by molar-refractivity contribution is 0.242. The van der Waals surface area contributed by atoms with Crippen molar-refractivity contribution in [3.8, 4) is 5.75 Å². The van der Waals surface area contributed by atoms with Crippen LogP contribution in [0.5, 0.6) is 5.75 Å². The van der Waals surface area contributed by atoms with Crippen LogP contribution in [0.25, 0.3) is 4.85 Å². The number of benzene rings is 1. The minimum absolute atomic E-state index is 0. The third-order valence-corrected chi connectivity index (χ3v) is 7.09. The molecule has 0 aliphatic carbocycles. The van der Waals surface area contributed by atoms with Crippen LogP contribution in [0.2, 0.25) is 0 Å². The summed E-state index contributed by atoms with van der Waals surface area (Å²) in [5.74, 6) is 0.942. The summed E-state index contributed by atoms with van der Waals surface area (Å²) in [5, 5.41) is 3.03. The van der Waals surface area contributed by atoms with Gasteiger partial charge in [-0.3, -0.25) is 9.97 Å². The van der Waals surface area contributed by atoms with Gasteiger partial charge in [0.1, 0.15) is 5.75 Å². The Balaban J connectivity index is -0.000000158. The second-order valence-corrected chi connectivity index (χ2v) is 14.6. The summed E-state index contributed by atoms with van der Waals surface area (Å²) in [6, 6.07) is 23.9. The number of rotatable bonds is 8. The van der Waals surface area contributed by atoms with Crippen LogP contribution in [0.1, 0.15) is 85.1 Å². The van der Waals surface area contributed by atoms with Crippen molar-refractivity contribution in [1.29, 1.82) is 0 Å². The molecular formula is C39H64N4OS3. The molecule has 0 fully saturated rings. The van der Waals surface area contributed by atoms with Crippen molar-refractivity contribution in [2.75, 3.05) is 7.05 Å². The highest BCUT2D eigenvalue weighted by Gasteiger charge is 1.97. The smallest absolute Gasteiger partial charge is 0.205 e. The fourth-order valence-corrected chi connectivity index (χ4v) is 5.22. The molecule has 0 saturated carbocycles.